The first kappa shape index (κ1) is 13.0. The summed E-state index contributed by atoms with van der Waals surface area (Å²) >= 11 is 13.2. The summed E-state index contributed by atoms with van der Waals surface area (Å²) in [6.07, 6.45) is 0. The van der Waals surface area contributed by atoms with Crippen LogP contribution in [0.3, 0.4) is 0 Å². The third kappa shape index (κ3) is 1.94. The maximum Gasteiger partial charge on any atom is 0.192 e. The normalized spacial score (nSPS) is 46.3. The van der Waals surface area contributed by atoms with Crippen LogP contribution in [0, 0.1) is 0 Å². The highest BCUT2D eigenvalue weighted by molar-refractivity contribution is 7.57. The van der Waals surface area contributed by atoms with Gasteiger partial charge in [-0.25, -0.2) is 0 Å². The second-order valence-corrected chi connectivity index (χ2v) is 22.9. The number of hydrogen-bond acceptors (Lipinski definition) is 1. The molecular weight excluding hydrogens is 251 g/mol. The van der Waals surface area contributed by atoms with E-state index in [-0.39, 0.29) is 10.5 Å². The Hall–Kier alpha value is 0.974. The van der Waals surface area contributed by atoms with Crippen LogP contribution in [0.15, 0.2) is 0 Å². The Bertz CT molecular complexity index is 199. The van der Waals surface area contributed by atoms with Crippen molar-refractivity contribution in [2.75, 3.05) is 0 Å². The molecule has 0 saturated carbocycles. The van der Waals surface area contributed by atoms with E-state index in [1.165, 1.54) is 0 Å². The van der Waals surface area contributed by atoms with Crippen molar-refractivity contribution in [3.8, 4) is 0 Å². The quantitative estimate of drug-likeness (QED) is 0.369. The molecule has 2 unspecified atom stereocenters. The Morgan fingerprint density at radius 3 is 1.93 bits per heavy atom. The fourth-order valence-corrected chi connectivity index (χ4v) is 12.0. The molecule has 0 aliphatic carbocycles. The second-order valence-electron chi connectivity index (χ2n) is 5.69. The van der Waals surface area contributed by atoms with Gasteiger partial charge in [0.2, 0.25) is 0 Å². The van der Waals surface area contributed by atoms with Gasteiger partial charge in [0.25, 0.3) is 0 Å². The van der Waals surface area contributed by atoms with Crippen LogP contribution in [-0.2, 0) is 4.43 Å². The van der Waals surface area contributed by atoms with E-state index in [1.807, 2.05) is 6.92 Å². The van der Waals surface area contributed by atoms with E-state index < -0.39 is 14.7 Å². The summed E-state index contributed by atoms with van der Waals surface area (Å²) in [4.78, 5) is -0.321. The van der Waals surface area contributed by atoms with Gasteiger partial charge in [0.15, 0.2) is 14.7 Å². The first-order valence-corrected chi connectivity index (χ1v) is 13.0. The third-order valence-electron chi connectivity index (χ3n) is 3.68. The Kier molecular flexibility index (Phi) is 3.01. The van der Waals surface area contributed by atoms with Crippen molar-refractivity contribution in [3.05, 3.63) is 0 Å². The van der Waals surface area contributed by atoms with E-state index >= 15 is 0 Å². The first-order valence-electron chi connectivity index (χ1n) is 4.99. The monoisotopic (exact) mass is 270 g/mol. The molecule has 2 atom stereocenters. The predicted molar refractivity (Wildman–Crippen MR) is 69.2 cm³/mol. The minimum atomic E-state index is -1.79. The van der Waals surface area contributed by atoms with E-state index in [9.17, 15) is 0 Å². The van der Waals surface area contributed by atoms with Gasteiger partial charge in [-0.05, 0) is 39.9 Å². The van der Waals surface area contributed by atoms with Gasteiger partial charge in [-0.15, -0.1) is 11.6 Å². The molecule has 1 saturated heterocycles. The zero-order valence-corrected chi connectivity index (χ0v) is 13.4. The van der Waals surface area contributed by atoms with Crippen molar-refractivity contribution in [2.24, 2.45) is 0 Å². The average Bonchev–Trinajstić information content (AvgIpc) is 1.78. The fraction of sp³-hybridized carbons (Fsp3) is 1.00. The third-order valence-corrected chi connectivity index (χ3v) is 22.3. The maximum atomic E-state index is 6.67. The topological polar surface area (TPSA) is 9.23 Å². The number of hydrogen-bond donors (Lipinski definition) is 0. The van der Waals surface area contributed by atoms with Gasteiger partial charge >= 0.3 is 0 Å². The lowest BCUT2D eigenvalue weighted by Gasteiger charge is -2.55. The van der Waals surface area contributed by atoms with E-state index in [0.29, 0.717) is 0 Å². The van der Waals surface area contributed by atoms with Crippen molar-refractivity contribution in [2.45, 2.75) is 56.9 Å². The predicted octanol–water partition coefficient (Wildman–Crippen LogP) is 3.89. The molecule has 5 heteroatoms. The van der Waals surface area contributed by atoms with Crippen LogP contribution in [0.2, 0.25) is 25.7 Å². The number of rotatable bonds is 0. The molecule has 1 nitrogen and oxygen atoms in total. The molecule has 0 spiro atoms. The summed E-state index contributed by atoms with van der Waals surface area (Å²) in [5.41, 5.74) is -0.258. The first-order chi connectivity index (χ1) is 5.91. The molecule has 1 rings (SSSR count). The van der Waals surface area contributed by atoms with Crippen LogP contribution in [-0.4, -0.2) is 25.2 Å². The van der Waals surface area contributed by atoms with Crippen molar-refractivity contribution in [3.63, 3.8) is 0 Å². The van der Waals surface area contributed by atoms with Gasteiger partial charge in [-0.2, -0.15) is 11.1 Å². The van der Waals surface area contributed by atoms with Crippen molar-refractivity contribution in [1.29, 1.82) is 0 Å². The summed E-state index contributed by atoms with van der Waals surface area (Å²) in [7, 11) is -1.72. The van der Waals surface area contributed by atoms with Crippen molar-refractivity contribution >= 4 is 37.4 Å². The smallest absolute Gasteiger partial charge is 0.192 e. The molecule has 0 aromatic carbocycles. The standard InChI is InChI=1S/C9H20Cl2OSi2/c1-8(2)9(3,10)7-14(6,11)13(4,5)12-8/h7H2,1-6H3. The van der Waals surface area contributed by atoms with Gasteiger partial charge in [0.1, 0.15) is 0 Å². The van der Waals surface area contributed by atoms with Crippen LogP contribution in [0.1, 0.15) is 20.8 Å². The molecule has 0 aromatic heterocycles. The number of alkyl halides is 1. The van der Waals surface area contributed by atoms with E-state index in [1.54, 1.807) is 0 Å². The molecule has 1 fully saturated rings. The molecule has 0 bridgehead atoms. The molecule has 0 radical (unpaired) electrons. The van der Waals surface area contributed by atoms with Crippen LogP contribution in [0.5, 0.6) is 0 Å². The van der Waals surface area contributed by atoms with Gasteiger partial charge in [0, 0.05) is 0 Å². The lowest BCUT2D eigenvalue weighted by atomic mass is 9.94. The summed E-state index contributed by atoms with van der Waals surface area (Å²) in [5.74, 6) is 0. The Morgan fingerprint density at radius 2 is 1.57 bits per heavy atom. The summed E-state index contributed by atoms with van der Waals surface area (Å²) < 4.78 is 6.23. The molecule has 0 N–H and O–H groups in total. The van der Waals surface area contributed by atoms with Gasteiger partial charge < -0.3 is 4.43 Å². The zero-order valence-electron chi connectivity index (χ0n) is 9.87. The molecule has 1 aliphatic heterocycles. The molecule has 14 heavy (non-hydrogen) atoms. The molecule has 1 heterocycles. The van der Waals surface area contributed by atoms with Crippen LogP contribution in [0.4, 0.5) is 0 Å². The Labute approximate surface area is 98.8 Å². The van der Waals surface area contributed by atoms with Crippen LogP contribution in [0.25, 0.3) is 0 Å². The lowest BCUT2D eigenvalue weighted by Crippen LogP contribution is -2.70. The zero-order chi connectivity index (χ0) is 11.4. The highest BCUT2D eigenvalue weighted by atomic mass is 35.6. The van der Waals surface area contributed by atoms with Gasteiger partial charge in [0.05, 0.1) is 10.5 Å². The Balaban J connectivity index is 3.07. The van der Waals surface area contributed by atoms with Gasteiger partial charge in [-0.1, -0.05) is 6.55 Å². The number of halogens is 2. The summed E-state index contributed by atoms with van der Waals surface area (Å²) in [6.45, 7) is 11.1. The van der Waals surface area contributed by atoms with E-state index in [2.05, 4.69) is 33.5 Å². The molecule has 0 aromatic rings. The van der Waals surface area contributed by atoms with E-state index in [0.717, 1.165) is 6.04 Å². The minimum absolute atomic E-state index is 0.258. The second kappa shape index (κ2) is 3.23. The molecule has 0 amide bonds. The van der Waals surface area contributed by atoms with Crippen molar-refractivity contribution < 1.29 is 4.43 Å². The van der Waals surface area contributed by atoms with Crippen LogP contribution >= 0.6 is 22.7 Å². The average molecular weight is 271 g/mol. The highest BCUT2D eigenvalue weighted by Crippen LogP contribution is 2.49. The molecule has 1 aliphatic rings. The van der Waals surface area contributed by atoms with E-state index in [4.69, 9.17) is 27.1 Å². The largest absolute Gasteiger partial charge is 0.412 e. The van der Waals surface area contributed by atoms with Crippen molar-refractivity contribution in [1.82, 2.24) is 0 Å². The highest BCUT2D eigenvalue weighted by Gasteiger charge is 2.60. The van der Waals surface area contributed by atoms with Crippen LogP contribution < -0.4 is 0 Å². The summed E-state index contributed by atoms with van der Waals surface area (Å²) in [5, 5.41) is 0. The lowest BCUT2D eigenvalue weighted by molar-refractivity contribution is 0.0618. The fourth-order valence-electron chi connectivity index (χ4n) is 1.90. The minimum Gasteiger partial charge on any atom is -0.412 e. The summed E-state index contributed by atoms with van der Waals surface area (Å²) in [6, 6.07) is 0.940. The van der Waals surface area contributed by atoms with Gasteiger partial charge in [-0.3, -0.25) is 0 Å². The molecule has 84 valence electrons. The SMILES string of the molecule is CC1(Cl)C[Si](C)(Cl)[Si](C)(C)OC1(C)C. The Morgan fingerprint density at radius 1 is 1.14 bits per heavy atom. The molecular formula is C9H20Cl2OSi2. The maximum absolute atomic E-state index is 6.67.